The second-order valence-corrected chi connectivity index (χ2v) is 11.0. The summed E-state index contributed by atoms with van der Waals surface area (Å²) in [4.78, 5) is 13.5. The minimum absolute atomic E-state index is 0.0170. The quantitative estimate of drug-likeness (QED) is 0.354. The third kappa shape index (κ3) is 5.05. The highest BCUT2D eigenvalue weighted by Gasteiger charge is 2.50. The second-order valence-electron chi connectivity index (χ2n) is 10.6. The second kappa shape index (κ2) is 11.6. The highest BCUT2D eigenvalue weighted by Crippen LogP contribution is 2.52. The monoisotopic (exact) mass is 584 g/mol. The zero-order valence-electron chi connectivity index (χ0n) is 22.4. The Morgan fingerprint density at radius 3 is 2.71 bits per heavy atom. The number of carbonyl (C=O) groups excluding carboxylic acids is 1. The standard InChI is InChI=1S/C31H31ClF2N2O5/c32-28-22(33)15-24-21(16-31(41-24,25-7-4-11-35-25)18-5-2-1-3-6-18)26(28)27-20(30(38)36-19-10-13-39-17-19)8-9-23(29(27)34)40-14-12-37/h1-3,5-6,8-9,15,19,25,35,37H,4,7,10-14,16-17H2,(H,36,38)/t19-,25+,31?/m1/s1. The van der Waals surface area contributed by atoms with E-state index >= 15 is 8.78 Å². The Morgan fingerprint density at radius 1 is 1.17 bits per heavy atom. The number of carbonyl (C=O) groups is 1. The molecule has 3 N–H and O–H groups in total. The van der Waals surface area contributed by atoms with Crippen LogP contribution in [-0.2, 0) is 16.8 Å². The van der Waals surface area contributed by atoms with Gasteiger partial charge in [-0.3, -0.25) is 4.79 Å². The molecule has 3 atom stereocenters. The van der Waals surface area contributed by atoms with Crippen LogP contribution in [0.4, 0.5) is 8.78 Å². The number of benzene rings is 3. The first-order chi connectivity index (χ1) is 19.9. The lowest BCUT2D eigenvalue weighted by atomic mass is 9.80. The first kappa shape index (κ1) is 27.9. The van der Waals surface area contributed by atoms with Gasteiger partial charge in [-0.25, -0.2) is 8.78 Å². The summed E-state index contributed by atoms with van der Waals surface area (Å²) in [6, 6.07) is 13.4. The summed E-state index contributed by atoms with van der Waals surface area (Å²) in [5.41, 5.74) is 0.373. The first-order valence-corrected chi connectivity index (χ1v) is 14.2. The lowest BCUT2D eigenvalue weighted by Crippen LogP contribution is -2.48. The Bertz CT molecular complexity index is 1440. The van der Waals surface area contributed by atoms with Crippen LogP contribution in [0.15, 0.2) is 48.5 Å². The van der Waals surface area contributed by atoms with Gasteiger partial charge in [0, 0.05) is 35.8 Å². The fourth-order valence-corrected chi connectivity index (χ4v) is 6.45. The molecular formula is C31H31ClF2N2O5. The van der Waals surface area contributed by atoms with Gasteiger partial charge < -0.3 is 30.0 Å². The van der Waals surface area contributed by atoms with E-state index in [4.69, 9.17) is 25.8 Å². The van der Waals surface area contributed by atoms with Crippen LogP contribution in [0, 0.1) is 11.6 Å². The lowest BCUT2D eigenvalue weighted by molar-refractivity contribution is 0.0539. The predicted octanol–water partition coefficient (Wildman–Crippen LogP) is 4.76. The zero-order chi connectivity index (χ0) is 28.6. The van der Waals surface area contributed by atoms with Gasteiger partial charge >= 0.3 is 0 Å². The van der Waals surface area contributed by atoms with Crippen molar-refractivity contribution in [1.82, 2.24) is 10.6 Å². The molecule has 41 heavy (non-hydrogen) atoms. The van der Waals surface area contributed by atoms with E-state index in [0.717, 1.165) is 24.9 Å². The summed E-state index contributed by atoms with van der Waals surface area (Å²) in [6.07, 6.45) is 2.69. The van der Waals surface area contributed by atoms with Crippen molar-refractivity contribution in [1.29, 1.82) is 0 Å². The van der Waals surface area contributed by atoms with E-state index < -0.39 is 23.1 Å². The molecule has 3 aliphatic heterocycles. The molecule has 7 nitrogen and oxygen atoms in total. The van der Waals surface area contributed by atoms with Crippen LogP contribution in [0.3, 0.4) is 0 Å². The SMILES string of the molecule is O=C(N[C@@H]1CCOC1)c1ccc(OCCO)c(F)c1-c1c(Cl)c(F)cc2c1CC(c1ccccc1)([C@@H]1CCCN1)O2. The Hall–Kier alpha value is -3.24. The van der Waals surface area contributed by atoms with E-state index in [2.05, 4.69) is 10.6 Å². The Labute approximate surface area is 241 Å². The van der Waals surface area contributed by atoms with Gasteiger partial charge in [-0.1, -0.05) is 41.9 Å². The van der Waals surface area contributed by atoms with E-state index in [1.54, 1.807) is 0 Å². The molecule has 3 aromatic rings. The van der Waals surface area contributed by atoms with Crippen LogP contribution in [0.5, 0.6) is 11.5 Å². The van der Waals surface area contributed by atoms with Crippen molar-refractivity contribution in [3.05, 3.63) is 81.9 Å². The third-order valence-electron chi connectivity index (χ3n) is 8.12. The summed E-state index contributed by atoms with van der Waals surface area (Å²) in [5.74, 6) is -2.14. The van der Waals surface area contributed by atoms with Crippen LogP contribution in [0.25, 0.3) is 11.1 Å². The largest absolute Gasteiger partial charge is 0.488 e. The number of aliphatic hydroxyl groups is 1. The van der Waals surface area contributed by atoms with Gasteiger partial charge in [0.05, 0.1) is 35.9 Å². The number of amides is 1. The summed E-state index contributed by atoms with van der Waals surface area (Å²) in [5, 5.41) is 15.4. The molecule has 0 saturated carbocycles. The van der Waals surface area contributed by atoms with Gasteiger partial charge in [-0.2, -0.15) is 0 Å². The molecule has 3 heterocycles. The number of fused-ring (bicyclic) bond motifs is 1. The zero-order valence-corrected chi connectivity index (χ0v) is 23.1. The van der Waals surface area contributed by atoms with Gasteiger partial charge in [0.25, 0.3) is 5.91 Å². The number of hydrogen-bond donors (Lipinski definition) is 3. The summed E-state index contributed by atoms with van der Waals surface area (Å²) in [6.45, 7) is 1.17. The van der Waals surface area contributed by atoms with Crippen molar-refractivity contribution >= 4 is 17.5 Å². The van der Waals surface area contributed by atoms with Crippen LogP contribution < -0.4 is 20.1 Å². The average Bonchev–Trinajstić information content (AvgIpc) is 3.76. The maximum Gasteiger partial charge on any atom is 0.252 e. The van der Waals surface area contributed by atoms with E-state index in [1.165, 1.54) is 18.2 Å². The lowest BCUT2D eigenvalue weighted by Gasteiger charge is -2.35. The minimum Gasteiger partial charge on any atom is -0.488 e. The molecule has 2 saturated heterocycles. The van der Waals surface area contributed by atoms with Gasteiger partial charge in [0.1, 0.15) is 18.2 Å². The molecular weight excluding hydrogens is 554 g/mol. The third-order valence-corrected chi connectivity index (χ3v) is 8.49. The van der Waals surface area contributed by atoms with Crippen molar-refractivity contribution in [3.63, 3.8) is 0 Å². The van der Waals surface area contributed by atoms with E-state index in [-0.39, 0.29) is 64.9 Å². The summed E-state index contributed by atoms with van der Waals surface area (Å²) in [7, 11) is 0. The van der Waals surface area contributed by atoms with Crippen LogP contribution in [0.2, 0.25) is 5.02 Å². The van der Waals surface area contributed by atoms with Gasteiger partial charge in [0.15, 0.2) is 17.2 Å². The number of ether oxygens (including phenoxy) is 3. The Kier molecular flexibility index (Phi) is 7.87. The fourth-order valence-electron chi connectivity index (χ4n) is 6.19. The van der Waals surface area contributed by atoms with E-state index in [0.29, 0.717) is 25.2 Å². The number of nitrogens with one attached hydrogen (secondary N) is 2. The normalized spacial score (nSPS) is 23.3. The number of rotatable bonds is 8. The van der Waals surface area contributed by atoms with Crippen molar-refractivity contribution in [2.24, 2.45) is 0 Å². The maximum atomic E-state index is 16.4. The summed E-state index contributed by atoms with van der Waals surface area (Å²) >= 11 is 6.64. The predicted molar refractivity (Wildman–Crippen MR) is 150 cm³/mol. The molecule has 2 fully saturated rings. The highest BCUT2D eigenvalue weighted by atomic mass is 35.5. The molecule has 3 aromatic carbocycles. The van der Waals surface area contributed by atoms with E-state index in [1.807, 2.05) is 30.3 Å². The molecule has 0 aliphatic carbocycles. The summed E-state index contributed by atoms with van der Waals surface area (Å²) < 4.78 is 49.3. The maximum absolute atomic E-state index is 16.4. The molecule has 0 radical (unpaired) electrons. The molecule has 1 unspecified atom stereocenters. The molecule has 10 heteroatoms. The smallest absolute Gasteiger partial charge is 0.252 e. The highest BCUT2D eigenvalue weighted by molar-refractivity contribution is 6.34. The molecule has 1 amide bonds. The fraction of sp³-hybridized carbons (Fsp3) is 0.387. The topological polar surface area (TPSA) is 89.1 Å². The molecule has 216 valence electrons. The van der Waals surface area contributed by atoms with Crippen molar-refractivity contribution in [3.8, 4) is 22.6 Å². The van der Waals surface area contributed by atoms with Crippen LogP contribution >= 0.6 is 11.6 Å². The van der Waals surface area contributed by atoms with E-state index in [9.17, 15) is 9.90 Å². The van der Waals surface area contributed by atoms with Crippen molar-refractivity contribution < 1.29 is 32.9 Å². The number of halogens is 3. The molecule has 0 aromatic heterocycles. The molecule has 0 spiro atoms. The average molecular weight is 585 g/mol. The van der Waals surface area contributed by atoms with Gasteiger partial charge in [0.2, 0.25) is 0 Å². The number of aliphatic hydroxyl groups excluding tert-OH is 1. The van der Waals surface area contributed by atoms with Crippen LogP contribution in [0.1, 0.15) is 40.7 Å². The van der Waals surface area contributed by atoms with Crippen molar-refractivity contribution in [2.75, 3.05) is 33.0 Å². The van der Waals surface area contributed by atoms with Crippen molar-refractivity contribution in [2.45, 2.75) is 43.4 Å². The first-order valence-electron chi connectivity index (χ1n) is 13.9. The van der Waals surface area contributed by atoms with Gasteiger partial charge in [-0.15, -0.1) is 0 Å². The molecule has 3 aliphatic rings. The Morgan fingerprint density at radius 2 is 2.00 bits per heavy atom. The molecule has 0 bridgehead atoms. The minimum atomic E-state index is -0.892. The number of hydrogen-bond acceptors (Lipinski definition) is 6. The van der Waals surface area contributed by atoms with Crippen LogP contribution in [-0.4, -0.2) is 56.1 Å². The van der Waals surface area contributed by atoms with Gasteiger partial charge in [-0.05, 0) is 43.5 Å². The Balaban J connectivity index is 1.53. The molecule has 6 rings (SSSR count).